The molecular weight excluding hydrogens is 162 g/mol. The highest BCUT2D eigenvalue weighted by Gasteiger charge is 2.09. The zero-order valence-corrected chi connectivity index (χ0v) is 6.35. The van der Waals surface area contributed by atoms with Gasteiger partial charge in [-0.3, -0.25) is 10.1 Å². The van der Waals surface area contributed by atoms with E-state index in [1.165, 1.54) is 18.3 Å². The number of rotatable bonds is 3. The first-order valence-corrected chi connectivity index (χ1v) is 3.18. The van der Waals surface area contributed by atoms with Crippen molar-refractivity contribution >= 4 is 12.1 Å². The molecule has 12 heavy (non-hydrogen) atoms. The second-order valence-electron chi connectivity index (χ2n) is 1.91. The van der Waals surface area contributed by atoms with E-state index in [1.807, 2.05) is 0 Å². The number of hydrogen-bond acceptors (Lipinski definition) is 5. The molecule has 64 valence electrons. The molecule has 0 bridgehead atoms. The maximum absolute atomic E-state index is 10.1. The fourth-order valence-electron chi connectivity index (χ4n) is 0.638. The van der Waals surface area contributed by atoms with Crippen LogP contribution in [-0.2, 0) is 0 Å². The van der Waals surface area contributed by atoms with Gasteiger partial charge >= 0.3 is 5.88 Å². The standard InChI is InChI=1S/C6H7N3O3/c1-7-8-4-5-2-3-6(12-5)9(10)11/h2-4,7H,1H3/b8-4-. The molecule has 0 unspecified atom stereocenters. The summed E-state index contributed by atoms with van der Waals surface area (Å²) in [5.74, 6) is 0.0589. The first-order valence-electron chi connectivity index (χ1n) is 3.18. The molecule has 0 radical (unpaired) electrons. The quantitative estimate of drug-likeness (QED) is 0.411. The third kappa shape index (κ3) is 1.82. The van der Waals surface area contributed by atoms with Gasteiger partial charge in [-0.05, 0) is 6.07 Å². The minimum atomic E-state index is -0.600. The van der Waals surface area contributed by atoms with Crippen LogP contribution in [0.15, 0.2) is 21.7 Å². The van der Waals surface area contributed by atoms with Crippen LogP contribution >= 0.6 is 0 Å². The molecule has 1 N–H and O–H groups in total. The summed E-state index contributed by atoms with van der Waals surface area (Å²) in [7, 11) is 1.62. The number of hydrogen-bond donors (Lipinski definition) is 1. The van der Waals surface area contributed by atoms with Gasteiger partial charge in [0.15, 0.2) is 5.76 Å². The molecule has 1 aromatic rings. The fourth-order valence-corrected chi connectivity index (χ4v) is 0.638. The van der Waals surface area contributed by atoms with Crippen LogP contribution in [0.5, 0.6) is 0 Å². The van der Waals surface area contributed by atoms with Gasteiger partial charge in [-0.1, -0.05) is 0 Å². The Hall–Kier alpha value is -1.85. The molecule has 0 atom stereocenters. The van der Waals surface area contributed by atoms with E-state index in [0.29, 0.717) is 5.76 Å². The van der Waals surface area contributed by atoms with E-state index in [0.717, 1.165) is 0 Å². The summed E-state index contributed by atoms with van der Waals surface area (Å²) >= 11 is 0. The molecule has 1 rings (SSSR count). The second-order valence-corrected chi connectivity index (χ2v) is 1.91. The van der Waals surface area contributed by atoms with Gasteiger partial charge in [0, 0.05) is 7.05 Å². The number of nitro groups is 1. The molecule has 0 fully saturated rings. The Labute approximate surface area is 68.0 Å². The number of nitrogens with one attached hydrogen (secondary N) is 1. The third-order valence-electron chi connectivity index (χ3n) is 1.11. The highest BCUT2D eigenvalue weighted by atomic mass is 16.6. The Morgan fingerprint density at radius 2 is 2.50 bits per heavy atom. The predicted octanol–water partition coefficient (Wildman–Crippen LogP) is 0.741. The van der Waals surface area contributed by atoms with Crippen molar-refractivity contribution in [3.63, 3.8) is 0 Å². The maximum atomic E-state index is 10.1. The Bertz CT molecular complexity index is 305. The van der Waals surface area contributed by atoms with E-state index < -0.39 is 4.92 Å². The lowest BCUT2D eigenvalue weighted by Gasteiger charge is -1.84. The highest BCUT2D eigenvalue weighted by Crippen LogP contribution is 2.13. The fraction of sp³-hybridized carbons (Fsp3) is 0.167. The van der Waals surface area contributed by atoms with Crippen molar-refractivity contribution in [2.45, 2.75) is 0 Å². The maximum Gasteiger partial charge on any atom is 0.433 e. The van der Waals surface area contributed by atoms with E-state index in [4.69, 9.17) is 4.42 Å². The van der Waals surface area contributed by atoms with E-state index in [-0.39, 0.29) is 5.88 Å². The van der Waals surface area contributed by atoms with Crippen molar-refractivity contribution < 1.29 is 9.34 Å². The second kappa shape index (κ2) is 3.51. The van der Waals surface area contributed by atoms with Crippen molar-refractivity contribution in [3.8, 4) is 0 Å². The largest absolute Gasteiger partial charge is 0.433 e. The molecule has 1 aromatic heterocycles. The third-order valence-corrected chi connectivity index (χ3v) is 1.11. The van der Waals surface area contributed by atoms with E-state index >= 15 is 0 Å². The molecule has 0 aliphatic carbocycles. The lowest BCUT2D eigenvalue weighted by molar-refractivity contribution is -0.402. The van der Waals surface area contributed by atoms with Gasteiger partial charge in [0.2, 0.25) is 0 Å². The molecule has 0 saturated carbocycles. The summed E-state index contributed by atoms with van der Waals surface area (Å²) < 4.78 is 4.76. The van der Waals surface area contributed by atoms with Gasteiger partial charge in [0.05, 0.1) is 12.3 Å². The molecular formula is C6H7N3O3. The Morgan fingerprint density at radius 3 is 3.00 bits per heavy atom. The first kappa shape index (κ1) is 8.25. The van der Waals surface area contributed by atoms with Crippen molar-refractivity contribution in [1.29, 1.82) is 0 Å². The van der Waals surface area contributed by atoms with Crippen molar-refractivity contribution in [1.82, 2.24) is 5.43 Å². The summed E-state index contributed by atoms with van der Waals surface area (Å²) in [6, 6.07) is 2.75. The van der Waals surface area contributed by atoms with Crippen molar-refractivity contribution in [2.24, 2.45) is 5.10 Å². The number of hydrazone groups is 1. The summed E-state index contributed by atoms with van der Waals surface area (Å²) in [5.41, 5.74) is 2.49. The summed E-state index contributed by atoms with van der Waals surface area (Å²) in [5, 5.41) is 13.8. The lowest BCUT2D eigenvalue weighted by Crippen LogP contribution is -1.93. The van der Waals surface area contributed by atoms with Crippen molar-refractivity contribution in [3.05, 3.63) is 28.0 Å². The first-order chi connectivity index (χ1) is 5.74. The van der Waals surface area contributed by atoms with Crippen LogP contribution in [0, 0.1) is 10.1 Å². The molecule has 1 heterocycles. The minimum absolute atomic E-state index is 0.285. The van der Waals surface area contributed by atoms with E-state index in [9.17, 15) is 10.1 Å². The van der Waals surface area contributed by atoms with Crippen LogP contribution < -0.4 is 5.43 Å². The van der Waals surface area contributed by atoms with E-state index in [1.54, 1.807) is 7.05 Å². The van der Waals surface area contributed by atoms with Crippen LogP contribution in [0.3, 0.4) is 0 Å². The molecule has 0 amide bonds. The number of nitrogens with zero attached hydrogens (tertiary/aromatic N) is 2. The summed E-state index contributed by atoms with van der Waals surface area (Å²) in [6.07, 6.45) is 1.35. The Morgan fingerprint density at radius 1 is 1.75 bits per heavy atom. The molecule has 0 aromatic carbocycles. The smallest absolute Gasteiger partial charge is 0.400 e. The van der Waals surface area contributed by atoms with Crippen molar-refractivity contribution in [2.75, 3.05) is 7.05 Å². The van der Waals surface area contributed by atoms with Gasteiger partial charge in [-0.15, -0.1) is 0 Å². The summed E-state index contributed by atoms with van der Waals surface area (Å²) in [4.78, 5) is 9.54. The van der Waals surface area contributed by atoms with Gasteiger partial charge in [-0.25, -0.2) is 0 Å². The Balaban J connectivity index is 2.77. The van der Waals surface area contributed by atoms with Crippen LogP contribution in [-0.4, -0.2) is 18.2 Å². The van der Waals surface area contributed by atoms with Crippen LogP contribution in [0.1, 0.15) is 5.76 Å². The SMILES string of the molecule is CN/N=C\c1ccc([N+](=O)[O-])o1. The predicted molar refractivity (Wildman–Crippen MR) is 42.0 cm³/mol. The topological polar surface area (TPSA) is 80.7 Å². The van der Waals surface area contributed by atoms with Crippen LogP contribution in [0.2, 0.25) is 0 Å². The van der Waals surface area contributed by atoms with Gasteiger partial charge in [0.25, 0.3) is 0 Å². The van der Waals surface area contributed by atoms with Gasteiger partial charge in [0.1, 0.15) is 4.92 Å². The summed E-state index contributed by atoms with van der Waals surface area (Å²) in [6.45, 7) is 0. The molecule has 0 aliphatic heterocycles. The van der Waals surface area contributed by atoms with E-state index in [2.05, 4.69) is 10.5 Å². The zero-order valence-electron chi connectivity index (χ0n) is 6.35. The highest BCUT2D eigenvalue weighted by molar-refractivity contribution is 5.75. The van der Waals surface area contributed by atoms with Gasteiger partial charge < -0.3 is 9.84 Å². The minimum Gasteiger partial charge on any atom is -0.400 e. The average Bonchev–Trinajstić information content (AvgIpc) is 2.48. The molecule has 0 saturated heterocycles. The lowest BCUT2D eigenvalue weighted by atomic mass is 10.5. The number of furan rings is 1. The average molecular weight is 169 g/mol. The van der Waals surface area contributed by atoms with Gasteiger partial charge in [-0.2, -0.15) is 5.10 Å². The molecule has 0 spiro atoms. The Kier molecular flexibility index (Phi) is 2.42. The zero-order chi connectivity index (χ0) is 8.97. The molecule has 0 aliphatic rings. The normalized spacial score (nSPS) is 10.4. The monoisotopic (exact) mass is 169 g/mol. The van der Waals surface area contributed by atoms with Crippen LogP contribution in [0.4, 0.5) is 5.88 Å². The molecule has 6 nitrogen and oxygen atoms in total. The van der Waals surface area contributed by atoms with Crippen LogP contribution in [0.25, 0.3) is 0 Å². The molecule has 6 heteroatoms.